The van der Waals surface area contributed by atoms with E-state index >= 15 is 0 Å². The number of anilines is 1. The number of nitro groups is 1. The number of carbonyl (C=O) groups is 4. The molecule has 2 N–H and O–H groups in total. The van der Waals surface area contributed by atoms with E-state index in [-0.39, 0.29) is 43.3 Å². The zero-order chi connectivity index (χ0) is 62.7. The Balaban J connectivity index is 0.000000210. The number of ether oxygens (including phenoxy) is 2. The second kappa shape index (κ2) is 27.0. The molecule has 0 bridgehead atoms. The molecule has 446 valence electrons. The molecule has 0 unspecified atom stereocenters. The van der Waals surface area contributed by atoms with Gasteiger partial charge in [-0.05, 0) is 149 Å². The number of nitrogens with zero attached hydrogens (tertiary/aromatic N) is 7. The lowest BCUT2D eigenvalue weighted by molar-refractivity contribution is -0.384. The first kappa shape index (κ1) is 61.7. The summed E-state index contributed by atoms with van der Waals surface area (Å²) in [6.45, 7) is 14.5. The van der Waals surface area contributed by atoms with Gasteiger partial charge in [0.05, 0.1) is 4.92 Å². The van der Waals surface area contributed by atoms with Crippen LogP contribution >= 0.6 is 0 Å². The topological polar surface area (TPSA) is 240 Å². The summed E-state index contributed by atoms with van der Waals surface area (Å²) in [7, 11) is 0. The van der Waals surface area contributed by atoms with Crippen LogP contribution in [0.25, 0.3) is 67.9 Å². The minimum atomic E-state index is -0.729. The van der Waals surface area contributed by atoms with E-state index in [4.69, 9.17) is 24.3 Å². The molecule has 18 heteroatoms. The number of nitro benzene ring substituents is 1. The second-order valence-electron chi connectivity index (χ2n) is 23.0. The van der Waals surface area contributed by atoms with E-state index in [2.05, 4.69) is 82.7 Å². The highest BCUT2D eigenvalue weighted by molar-refractivity contribution is 5.97. The van der Waals surface area contributed by atoms with Crippen molar-refractivity contribution in [3.05, 3.63) is 238 Å². The van der Waals surface area contributed by atoms with E-state index in [1.807, 2.05) is 97.1 Å². The van der Waals surface area contributed by atoms with Crippen LogP contribution in [0.4, 0.5) is 11.4 Å². The first-order valence-electron chi connectivity index (χ1n) is 28.3. The van der Waals surface area contributed by atoms with Crippen LogP contribution < -0.4 is 5.73 Å². The minimum absolute atomic E-state index is 0.0974. The van der Waals surface area contributed by atoms with Gasteiger partial charge in [-0.2, -0.15) is 9.97 Å². The first-order valence-corrected chi connectivity index (χ1v) is 28.3. The summed E-state index contributed by atoms with van der Waals surface area (Å²) >= 11 is 0. The van der Waals surface area contributed by atoms with Crippen molar-refractivity contribution in [1.82, 2.24) is 30.1 Å². The average molecular weight is 1180 g/mol. The fourth-order valence-corrected chi connectivity index (χ4v) is 9.15. The molecule has 0 atom stereocenters. The van der Waals surface area contributed by atoms with Crippen molar-refractivity contribution in [3.63, 3.8) is 0 Å². The van der Waals surface area contributed by atoms with Gasteiger partial charge in [-0.3, -0.25) is 29.3 Å². The Bertz CT molecular complexity index is 4040. The number of non-ortho nitro benzene ring substituents is 1. The third-order valence-electron chi connectivity index (χ3n) is 13.6. The van der Waals surface area contributed by atoms with Crippen molar-refractivity contribution in [2.24, 2.45) is 0 Å². The lowest BCUT2D eigenvalue weighted by Crippen LogP contribution is -2.38. The number of carbonyl (C=O) groups excluding carboxylic acids is 4. The standard InChI is InChI=1S/C35H32N4O6.C35H34N4O4/c1-23-5-9-25(10-6-23)26-13-15-28(16-14-26)33-36-32(37-45-33)27-11-7-24(8-12-27)21-38(22-31(40)44-35(2,3)4)34(41)29-17-19-30(20-18-29)39(42)43;1-23-5-9-25(10-6-23)26-13-15-28(16-14-26)33-37-32(38-43-33)27-11-7-24(8-12-27)21-39(22-31(40)42-35(2,3)4)34(41)29-17-19-30(36)20-18-29/h5-20H,21-22H2,1-4H3;5-20H,21-22,36H2,1-4H3. The molecule has 10 aromatic rings. The summed E-state index contributed by atoms with van der Waals surface area (Å²) in [4.78, 5) is 74.5. The minimum Gasteiger partial charge on any atom is -0.459 e. The third kappa shape index (κ3) is 16.7. The second-order valence-corrected chi connectivity index (χ2v) is 23.0. The molecule has 8 aromatic carbocycles. The van der Waals surface area contributed by atoms with Crippen molar-refractivity contribution in [2.45, 2.75) is 79.7 Å². The molecule has 88 heavy (non-hydrogen) atoms. The lowest BCUT2D eigenvalue weighted by Gasteiger charge is -2.25. The van der Waals surface area contributed by atoms with E-state index in [0.717, 1.165) is 50.1 Å². The molecule has 0 saturated heterocycles. The Morgan fingerprint density at radius 1 is 0.455 bits per heavy atom. The molecule has 0 saturated carbocycles. The molecule has 0 aliphatic rings. The molecular formula is C70H66N8O10. The maximum absolute atomic E-state index is 13.4. The zero-order valence-corrected chi connectivity index (χ0v) is 50.1. The third-order valence-corrected chi connectivity index (χ3v) is 13.6. The Morgan fingerprint density at radius 2 is 0.761 bits per heavy atom. The maximum atomic E-state index is 13.4. The number of benzene rings is 8. The van der Waals surface area contributed by atoms with Crippen LogP contribution in [0.3, 0.4) is 0 Å². The van der Waals surface area contributed by atoms with Crippen LogP contribution in [-0.2, 0) is 32.2 Å². The highest BCUT2D eigenvalue weighted by Crippen LogP contribution is 2.30. The van der Waals surface area contributed by atoms with Crippen molar-refractivity contribution >= 4 is 35.1 Å². The molecule has 2 amide bonds. The number of nitrogen functional groups attached to an aromatic ring is 1. The molecule has 0 spiro atoms. The highest BCUT2D eigenvalue weighted by Gasteiger charge is 2.26. The number of nitrogens with two attached hydrogens (primary N) is 1. The number of aryl methyl sites for hydroxylation is 2. The number of aromatic nitrogens is 4. The molecular weight excluding hydrogens is 1110 g/mol. The van der Waals surface area contributed by atoms with E-state index < -0.39 is 34.0 Å². The smallest absolute Gasteiger partial charge is 0.326 e. The maximum Gasteiger partial charge on any atom is 0.326 e. The predicted octanol–water partition coefficient (Wildman–Crippen LogP) is 14.2. The molecule has 2 heterocycles. The summed E-state index contributed by atoms with van der Waals surface area (Å²) in [5, 5.41) is 19.4. The molecule has 0 aliphatic carbocycles. The van der Waals surface area contributed by atoms with E-state index in [9.17, 15) is 29.3 Å². The molecule has 0 aliphatic heterocycles. The van der Waals surface area contributed by atoms with E-state index in [0.29, 0.717) is 40.2 Å². The summed E-state index contributed by atoms with van der Waals surface area (Å²) in [6.07, 6.45) is 0. The lowest BCUT2D eigenvalue weighted by atomic mass is 10.0. The predicted molar refractivity (Wildman–Crippen MR) is 336 cm³/mol. The van der Waals surface area contributed by atoms with Crippen LogP contribution in [-0.4, -0.2) is 83.0 Å². The van der Waals surface area contributed by atoms with Crippen molar-refractivity contribution in [1.29, 1.82) is 0 Å². The van der Waals surface area contributed by atoms with Gasteiger partial charge in [-0.25, -0.2) is 0 Å². The first-order chi connectivity index (χ1) is 42.0. The zero-order valence-electron chi connectivity index (χ0n) is 50.1. The van der Waals surface area contributed by atoms with Gasteiger partial charge in [0.2, 0.25) is 11.6 Å². The number of hydrogen-bond donors (Lipinski definition) is 1. The summed E-state index contributed by atoms with van der Waals surface area (Å²) in [6, 6.07) is 59.2. The number of esters is 2. The van der Waals surface area contributed by atoms with Crippen molar-refractivity contribution in [3.8, 4) is 67.9 Å². The summed E-state index contributed by atoms with van der Waals surface area (Å²) in [5.41, 5.74) is 17.0. The van der Waals surface area contributed by atoms with Crippen LogP contribution in [0.5, 0.6) is 0 Å². The average Bonchev–Trinajstić information content (AvgIpc) is 2.88. The summed E-state index contributed by atoms with van der Waals surface area (Å²) in [5.74, 6) is -0.143. The van der Waals surface area contributed by atoms with Gasteiger partial charge >= 0.3 is 11.9 Å². The van der Waals surface area contributed by atoms with Crippen LogP contribution in [0.1, 0.15) is 84.5 Å². The van der Waals surface area contributed by atoms with Crippen molar-refractivity contribution in [2.75, 3.05) is 18.8 Å². The fraction of sp³-hybridized carbons (Fsp3) is 0.200. The molecule has 0 radical (unpaired) electrons. The van der Waals surface area contributed by atoms with E-state index in [1.54, 1.807) is 65.8 Å². The van der Waals surface area contributed by atoms with Gasteiger partial charge in [-0.1, -0.05) is 143 Å². The molecule has 18 nitrogen and oxygen atoms in total. The Morgan fingerprint density at radius 3 is 1.09 bits per heavy atom. The van der Waals surface area contributed by atoms with E-state index in [1.165, 1.54) is 45.2 Å². The number of rotatable bonds is 17. The molecule has 2 aromatic heterocycles. The van der Waals surface area contributed by atoms with Crippen LogP contribution in [0.15, 0.2) is 203 Å². The fourth-order valence-electron chi connectivity index (χ4n) is 9.15. The highest BCUT2D eigenvalue weighted by atomic mass is 16.6. The number of hydrogen-bond acceptors (Lipinski definition) is 15. The molecule has 0 fully saturated rings. The van der Waals surface area contributed by atoms with Crippen molar-refractivity contribution < 1.29 is 42.6 Å². The van der Waals surface area contributed by atoms with Crippen LogP contribution in [0, 0.1) is 24.0 Å². The van der Waals surface area contributed by atoms with Gasteiger partial charge in [0.15, 0.2) is 0 Å². The van der Waals surface area contributed by atoms with Gasteiger partial charge in [0, 0.05) is 64.3 Å². The normalized spacial score (nSPS) is 11.2. The largest absolute Gasteiger partial charge is 0.459 e. The van der Waals surface area contributed by atoms with Crippen LogP contribution in [0.2, 0.25) is 0 Å². The van der Waals surface area contributed by atoms with Gasteiger partial charge in [-0.15, -0.1) is 0 Å². The quantitative estimate of drug-likeness (QED) is 0.0386. The monoisotopic (exact) mass is 1180 g/mol. The Hall–Kier alpha value is -10.9. The van der Waals surface area contributed by atoms with Gasteiger partial charge < -0.3 is 34.1 Å². The summed E-state index contributed by atoms with van der Waals surface area (Å²) < 4.78 is 22.0. The van der Waals surface area contributed by atoms with Gasteiger partial charge in [0.1, 0.15) is 24.3 Å². The number of amides is 2. The molecule has 10 rings (SSSR count). The Labute approximate surface area is 509 Å². The van der Waals surface area contributed by atoms with Gasteiger partial charge in [0.25, 0.3) is 29.3 Å². The Kier molecular flexibility index (Phi) is 18.9. The SMILES string of the molecule is Cc1ccc(-c2ccc(-c3nc(-c4ccc(CN(CC(=O)OC(C)(C)C)C(=O)c5ccc(N)cc5)cc4)no3)cc2)cc1.Cc1ccc(-c2ccc(-c3nc(-c4ccc(CN(CC(=O)OC(C)(C)C)C(=O)c5ccc([N+](=O)[O-])cc5)cc4)no3)cc2)cc1.